The third-order valence-corrected chi connectivity index (χ3v) is 3.00. The predicted octanol–water partition coefficient (Wildman–Crippen LogP) is 4.04. The standard InChI is InChI=1S/C16H19NO2/c1-2-3-9-17(13-7-5-4-6-8-13)14-10-15(18)12-16(19)11-14/h4-8,10-12,18-19H,2-3,9H2,1H3. The second-order valence-corrected chi connectivity index (χ2v) is 4.55. The number of hydrogen-bond donors (Lipinski definition) is 2. The second-order valence-electron chi connectivity index (χ2n) is 4.55. The number of hydrogen-bond acceptors (Lipinski definition) is 3. The highest BCUT2D eigenvalue weighted by Gasteiger charge is 2.10. The first-order valence-corrected chi connectivity index (χ1v) is 6.56. The fourth-order valence-electron chi connectivity index (χ4n) is 2.07. The fraction of sp³-hybridized carbons (Fsp3) is 0.250. The van der Waals surface area contributed by atoms with Crippen LogP contribution in [0.5, 0.6) is 11.5 Å². The van der Waals surface area contributed by atoms with Crippen LogP contribution in [0.3, 0.4) is 0 Å². The van der Waals surface area contributed by atoms with Gasteiger partial charge in [0.05, 0.1) is 0 Å². The largest absolute Gasteiger partial charge is 0.508 e. The number of nitrogens with zero attached hydrogens (tertiary/aromatic N) is 1. The average Bonchev–Trinajstić information content (AvgIpc) is 2.39. The lowest BCUT2D eigenvalue weighted by Crippen LogP contribution is -2.18. The summed E-state index contributed by atoms with van der Waals surface area (Å²) in [6.45, 7) is 2.99. The molecule has 0 heterocycles. The number of aromatic hydroxyl groups is 2. The summed E-state index contributed by atoms with van der Waals surface area (Å²) in [6, 6.07) is 14.7. The van der Waals surface area contributed by atoms with Crippen molar-refractivity contribution in [2.75, 3.05) is 11.4 Å². The van der Waals surface area contributed by atoms with Gasteiger partial charge in [0, 0.05) is 36.1 Å². The van der Waals surface area contributed by atoms with E-state index in [1.54, 1.807) is 12.1 Å². The lowest BCUT2D eigenvalue weighted by atomic mass is 10.2. The molecule has 19 heavy (non-hydrogen) atoms. The number of rotatable bonds is 5. The Balaban J connectivity index is 2.36. The van der Waals surface area contributed by atoms with E-state index in [1.807, 2.05) is 30.3 Å². The van der Waals surface area contributed by atoms with Crippen LogP contribution >= 0.6 is 0 Å². The highest BCUT2D eigenvalue weighted by Crippen LogP contribution is 2.32. The summed E-state index contributed by atoms with van der Waals surface area (Å²) in [5.74, 6) is 0.153. The van der Waals surface area contributed by atoms with E-state index in [4.69, 9.17) is 0 Å². The molecule has 3 nitrogen and oxygen atoms in total. The van der Waals surface area contributed by atoms with Crippen LogP contribution in [-0.2, 0) is 0 Å². The Kier molecular flexibility index (Phi) is 4.29. The molecule has 0 aliphatic carbocycles. The number of phenolic OH excluding ortho intramolecular Hbond substituents is 2. The van der Waals surface area contributed by atoms with Crippen LogP contribution in [0.15, 0.2) is 48.5 Å². The van der Waals surface area contributed by atoms with Gasteiger partial charge in [-0.1, -0.05) is 31.5 Å². The quantitative estimate of drug-likeness (QED) is 0.849. The zero-order chi connectivity index (χ0) is 13.7. The zero-order valence-corrected chi connectivity index (χ0v) is 11.1. The van der Waals surface area contributed by atoms with E-state index in [-0.39, 0.29) is 11.5 Å². The number of benzene rings is 2. The normalized spacial score (nSPS) is 10.4. The van der Waals surface area contributed by atoms with E-state index in [9.17, 15) is 10.2 Å². The van der Waals surface area contributed by atoms with Gasteiger partial charge in [-0.2, -0.15) is 0 Å². The molecule has 0 aliphatic rings. The Labute approximate surface area is 113 Å². The Morgan fingerprint density at radius 1 is 0.895 bits per heavy atom. The lowest BCUT2D eigenvalue weighted by Gasteiger charge is -2.25. The van der Waals surface area contributed by atoms with Crippen molar-refractivity contribution < 1.29 is 10.2 Å². The molecule has 0 aliphatic heterocycles. The molecule has 3 heteroatoms. The SMILES string of the molecule is CCCCN(c1ccccc1)c1cc(O)cc(O)c1. The van der Waals surface area contributed by atoms with Crippen LogP contribution in [0.2, 0.25) is 0 Å². The molecule has 0 saturated heterocycles. The Morgan fingerprint density at radius 2 is 1.53 bits per heavy atom. The molecule has 2 N–H and O–H groups in total. The van der Waals surface area contributed by atoms with Crippen molar-refractivity contribution >= 4 is 11.4 Å². The monoisotopic (exact) mass is 257 g/mol. The van der Waals surface area contributed by atoms with Gasteiger partial charge in [-0.05, 0) is 18.6 Å². The predicted molar refractivity (Wildman–Crippen MR) is 78.1 cm³/mol. The molecule has 2 aromatic rings. The summed E-state index contributed by atoms with van der Waals surface area (Å²) < 4.78 is 0. The molecule has 0 saturated carbocycles. The Morgan fingerprint density at radius 3 is 2.11 bits per heavy atom. The summed E-state index contributed by atoms with van der Waals surface area (Å²) in [7, 11) is 0. The molecule has 2 rings (SSSR count). The molecular formula is C16H19NO2. The second kappa shape index (κ2) is 6.14. The van der Waals surface area contributed by atoms with Crippen molar-refractivity contribution in [3.05, 3.63) is 48.5 Å². The first-order valence-electron chi connectivity index (χ1n) is 6.56. The molecule has 2 aromatic carbocycles. The number of unbranched alkanes of at least 4 members (excludes halogenated alkanes) is 1. The van der Waals surface area contributed by atoms with Crippen LogP contribution in [0.25, 0.3) is 0 Å². The van der Waals surface area contributed by atoms with Gasteiger partial charge < -0.3 is 15.1 Å². The van der Waals surface area contributed by atoms with Crippen molar-refractivity contribution in [3.8, 4) is 11.5 Å². The van der Waals surface area contributed by atoms with Crippen molar-refractivity contribution in [1.29, 1.82) is 0 Å². The fourth-order valence-corrected chi connectivity index (χ4v) is 2.07. The van der Waals surface area contributed by atoms with Crippen molar-refractivity contribution in [2.45, 2.75) is 19.8 Å². The molecule has 0 bridgehead atoms. The Bertz CT molecular complexity index is 505. The molecule has 0 fully saturated rings. The average molecular weight is 257 g/mol. The van der Waals surface area contributed by atoms with Crippen molar-refractivity contribution in [2.24, 2.45) is 0 Å². The van der Waals surface area contributed by atoms with E-state index in [2.05, 4.69) is 11.8 Å². The summed E-state index contributed by atoms with van der Waals surface area (Å²) >= 11 is 0. The van der Waals surface area contributed by atoms with Crippen LogP contribution in [0.4, 0.5) is 11.4 Å². The number of para-hydroxylation sites is 1. The molecule has 0 aromatic heterocycles. The van der Waals surface area contributed by atoms with E-state index in [0.29, 0.717) is 0 Å². The Hall–Kier alpha value is -2.16. The minimum absolute atomic E-state index is 0.0763. The molecule has 0 radical (unpaired) electrons. The van der Waals surface area contributed by atoms with Gasteiger partial charge in [0.15, 0.2) is 0 Å². The minimum atomic E-state index is 0.0763. The third kappa shape index (κ3) is 3.41. The molecule has 0 amide bonds. The summed E-state index contributed by atoms with van der Waals surface area (Å²) in [5.41, 5.74) is 1.86. The lowest BCUT2D eigenvalue weighted by molar-refractivity contribution is 0.450. The summed E-state index contributed by atoms with van der Waals surface area (Å²) in [6.07, 6.45) is 2.14. The highest BCUT2D eigenvalue weighted by atomic mass is 16.3. The van der Waals surface area contributed by atoms with E-state index in [1.165, 1.54) is 6.07 Å². The smallest absolute Gasteiger partial charge is 0.121 e. The molecule has 0 spiro atoms. The summed E-state index contributed by atoms with van der Waals surface area (Å²) in [5, 5.41) is 19.3. The third-order valence-electron chi connectivity index (χ3n) is 3.00. The first-order chi connectivity index (χ1) is 9.20. The van der Waals surface area contributed by atoms with Gasteiger partial charge in [-0.25, -0.2) is 0 Å². The van der Waals surface area contributed by atoms with E-state index in [0.717, 1.165) is 30.8 Å². The summed E-state index contributed by atoms with van der Waals surface area (Å²) in [4.78, 5) is 2.10. The minimum Gasteiger partial charge on any atom is -0.508 e. The van der Waals surface area contributed by atoms with Crippen molar-refractivity contribution in [3.63, 3.8) is 0 Å². The molecule has 100 valence electrons. The van der Waals surface area contributed by atoms with Crippen LogP contribution < -0.4 is 4.90 Å². The van der Waals surface area contributed by atoms with Crippen molar-refractivity contribution in [1.82, 2.24) is 0 Å². The van der Waals surface area contributed by atoms with Crippen LogP contribution in [0, 0.1) is 0 Å². The molecule has 0 atom stereocenters. The van der Waals surface area contributed by atoms with E-state index >= 15 is 0 Å². The first kappa shape index (κ1) is 13.3. The van der Waals surface area contributed by atoms with Gasteiger partial charge in [0.25, 0.3) is 0 Å². The van der Waals surface area contributed by atoms with Gasteiger partial charge >= 0.3 is 0 Å². The van der Waals surface area contributed by atoms with Gasteiger partial charge in [0.2, 0.25) is 0 Å². The van der Waals surface area contributed by atoms with Crippen LogP contribution in [-0.4, -0.2) is 16.8 Å². The van der Waals surface area contributed by atoms with Gasteiger partial charge in [-0.3, -0.25) is 0 Å². The van der Waals surface area contributed by atoms with Gasteiger partial charge in [-0.15, -0.1) is 0 Å². The zero-order valence-electron chi connectivity index (χ0n) is 11.1. The number of anilines is 2. The maximum Gasteiger partial charge on any atom is 0.121 e. The van der Waals surface area contributed by atoms with Gasteiger partial charge in [0.1, 0.15) is 11.5 Å². The highest BCUT2D eigenvalue weighted by molar-refractivity contribution is 5.66. The van der Waals surface area contributed by atoms with E-state index < -0.39 is 0 Å². The van der Waals surface area contributed by atoms with Crippen LogP contribution in [0.1, 0.15) is 19.8 Å². The molecular weight excluding hydrogens is 238 g/mol. The maximum absolute atomic E-state index is 9.63. The number of phenols is 2. The topological polar surface area (TPSA) is 43.7 Å². The maximum atomic E-state index is 9.63. The molecule has 0 unspecified atom stereocenters.